The van der Waals surface area contributed by atoms with Crippen molar-refractivity contribution in [1.29, 1.82) is 0 Å². The van der Waals surface area contributed by atoms with E-state index in [2.05, 4.69) is 10.6 Å². The number of carbonyl (C=O) groups excluding carboxylic acids is 2. The molecule has 38 heavy (non-hydrogen) atoms. The maximum atomic E-state index is 11.9. The monoisotopic (exact) mass is 588 g/mol. The van der Waals surface area contributed by atoms with E-state index in [-0.39, 0.29) is 11.8 Å². The fraction of sp³-hybridized carbons (Fsp3) is 0.231. The molecule has 2 amide bonds. The highest BCUT2D eigenvalue weighted by Crippen LogP contribution is 2.33. The van der Waals surface area contributed by atoms with Crippen molar-refractivity contribution in [1.82, 2.24) is 10.6 Å². The van der Waals surface area contributed by atoms with Gasteiger partial charge in [-0.1, -0.05) is 60.1 Å². The van der Waals surface area contributed by atoms with Crippen molar-refractivity contribution in [3.63, 3.8) is 0 Å². The van der Waals surface area contributed by atoms with Gasteiger partial charge in [0, 0.05) is 0 Å². The maximum absolute atomic E-state index is 11.9. The quantitative estimate of drug-likeness (QED) is 0.214. The molecule has 2 aliphatic heterocycles. The molecule has 0 aliphatic carbocycles. The van der Waals surface area contributed by atoms with Crippen molar-refractivity contribution in [2.75, 3.05) is 27.4 Å². The first-order chi connectivity index (χ1) is 18.4. The van der Waals surface area contributed by atoms with Gasteiger partial charge in [0.2, 0.25) is 0 Å². The van der Waals surface area contributed by atoms with Crippen LogP contribution in [-0.2, 0) is 9.59 Å². The van der Waals surface area contributed by atoms with Gasteiger partial charge in [-0.3, -0.25) is 9.59 Å². The van der Waals surface area contributed by atoms with Gasteiger partial charge in [-0.25, -0.2) is 0 Å². The minimum absolute atomic E-state index is 0.199. The van der Waals surface area contributed by atoms with E-state index < -0.39 is 0 Å². The topological polar surface area (TPSA) is 95.1 Å². The lowest BCUT2D eigenvalue weighted by molar-refractivity contribution is -0.116. The van der Waals surface area contributed by atoms with Crippen molar-refractivity contribution in [2.24, 2.45) is 0 Å². The lowest BCUT2D eigenvalue weighted by atomic mass is 10.2. The van der Waals surface area contributed by atoms with Crippen molar-refractivity contribution < 1.29 is 28.5 Å². The average Bonchev–Trinajstić information content (AvgIpc) is 3.39. The van der Waals surface area contributed by atoms with Crippen molar-refractivity contribution in [2.45, 2.75) is 12.8 Å². The second-order valence-electron chi connectivity index (χ2n) is 7.93. The molecule has 2 saturated heterocycles. The average molecular weight is 589 g/mol. The number of hydrogen-bond acceptors (Lipinski definition) is 10. The molecular weight excluding hydrogens is 565 g/mol. The second kappa shape index (κ2) is 13.1. The summed E-state index contributed by atoms with van der Waals surface area (Å²) in [6.45, 7) is 0.968. The summed E-state index contributed by atoms with van der Waals surface area (Å²) in [6.07, 6.45) is 5.06. The van der Waals surface area contributed by atoms with Crippen LogP contribution in [-0.4, -0.2) is 47.9 Å². The van der Waals surface area contributed by atoms with Gasteiger partial charge < -0.3 is 29.6 Å². The fourth-order valence-electron chi connectivity index (χ4n) is 3.50. The molecule has 0 radical (unpaired) electrons. The summed E-state index contributed by atoms with van der Waals surface area (Å²) < 4.78 is 23.6. The number of thioether (sulfide) groups is 2. The third-order valence-corrected chi connectivity index (χ3v) is 7.63. The molecule has 0 spiro atoms. The first-order valence-electron chi connectivity index (χ1n) is 11.5. The Morgan fingerprint density at radius 3 is 1.47 bits per heavy atom. The molecule has 2 aromatic carbocycles. The number of carbonyl (C=O) groups is 2. The van der Waals surface area contributed by atoms with Crippen molar-refractivity contribution in [3.05, 3.63) is 57.3 Å². The number of unbranched alkanes of at least 4 members (excludes halogenated alkanes) is 1. The molecule has 2 heterocycles. The lowest BCUT2D eigenvalue weighted by Crippen LogP contribution is -2.17. The minimum atomic E-state index is -0.199. The Labute approximate surface area is 239 Å². The highest BCUT2D eigenvalue weighted by molar-refractivity contribution is 8.27. The van der Waals surface area contributed by atoms with Gasteiger partial charge >= 0.3 is 0 Å². The molecule has 198 valence electrons. The molecule has 2 aromatic rings. The van der Waals surface area contributed by atoms with Crippen LogP contribution >= 0.6 is 48.0 Å². The molecule has 0 saturated carbocycles. The van der Waals surface area contributed by atoms with E-state index in [0.29, 0.717) is 54.7 Å². The molecule has 12 heteroatoms. The van der Waals surface area contributed by atoms with Crippen LogP contribution in [0.4, 0.5) is 0 Å². The van der Waals surface area contributed by atoms with Crippen LogP contribution in [0, 0.1) is 0 Å². The summed E-state index contributed by atoms with van der Waals surface area (Å²) in [6, 6.07) is 11.0. The number of ether oxygens (including phenoxy) is 4. The van der Waals surface area contributed by atoms with E-state index in [4.69, 9.17) is 43.4 Å². The van der Waals surface area contributed by atoms with Crippen LogP contribution in [0.3, 0.4) is 0 Å². The van der Waals surface area contributed by atoms with Gasteiger partial charge in [-0.05, 0) is 60.4 Å². The predicted molar refractivity (Wildman–Crippen MR) is 159 cm³/mol. The van der Waals surface area contributed by atoms with Crippen LogP contribution in [0.2, 0.25) is 0 Å². The molecule has 4 rings (SSSR count). The van der Waals surface area contributed by atoms with E-state index in [9.17, 15) is 9.59 Å². The van der Waals surface area contributed by atoms with Gasteiger partial charge in [-0.15, -0.1) is 0 Å². The molecule has 0 aromatic heterocycles. The van der Waals surface area contributed by atoms with E-state index in [1.165, 1.54) is 23.5 Å². The minimum Gasteiger partial charge on any atom is -0.493 e. The standard InChI is InChI=1S/C26H24N2O6S4/c1-31-19-11-15(13-21-23(29)27-25(35)37-21)5-7-17(19)33-9-3-4-10-34-18-8-6-16(12-20(18)32-2)14-22-24(30)28-26(36)38-22/h5-8,11-14H,3-4,9-10H2,1-2H3,(H,27,29,35)(H,28,30,36)/b21-13-,22-14-. The van der Waals surface area contributed by atoms with E-state index in [0.717, 1.165) is 24.0 Å². The summed E-state index contributed by atoms with van der Waals surface area (Å²) in [5.41, 5.74) is 1.63. The summed E-state index contributed by atoms with van der Waals surface area (Å²) >= 11 is 12.5. The Morgan fingerprint density at radius 2 is 1.13 bits per heavy atom. The third kappa shape index (κ3) is 7.28. The summed E-state index contributed by atoms with van der Waals surface area (Å²) in [4.78, 5) is 24.8. The Hall–Kier alpha value is -3.06. The van der Waals surface area contributed by atoms with Crippen LogP contribution in [0.1, 0.15) is 24.0 Å². The zero-order valence-electron chi connectivity index (χ0n) is 20.5. The fourth-order valence-corrected chi connectivity index (χ4v) is 5.59. The van der Waals surface area contributed by atoms with Crippen LogP contribution in [0.25, 0.3) is 12.2 Å². The molecule has 2 aliphatic rings. The van der Waals surface area contributed by atoms with Gasteiger partial charge in [0.15, 0.2) is 23.0 Å². The van der Waals surface area contributed by atoms with Crippen molar-refractivity contribution >= 4 is 80.6 Å². The smallest absolute Gasteiger partial charge is 0.263 e. The Balaban J connectivity index is 1.25. The first-order valence-corrected chi connectivity index (χ1v) is 13.9. The van der Waals surface area contributed by atoms with E-state index in [1.807, 2.05) is 36.4 Å². The Kier molecular flexibility index (Phi) is 9.67. The molecule has 0 bridgehead atoms. The lowest BCUT2D eigenvalue weighted by Gasteiger charge is -2.13. The Morgan fingerprint density at radius 1 is 0.711 bits per heavy atom. The normalized spacial score (nSPS) is 17.1. The molecule has 2 N–H and O–H groups in total. The van der Waals surface area contributed by atoms with Crippen molar-refractivity contribution in [3.8, 4) is 23.0 Å². The van der Waals surface area contributed by atoms with Gasteiger partial charge in [-0.2, -0.15) is 0 Å². The van der Waals surface area contributed by atoms with Crippen LogP contribution in [0.15, 0.2) is 46.2 Å². The van der Waals surface area contributed by atoms with Gasteiger partial charge in [0.05, 0.1) is 37.2 Å². The Bertz CT molecular complexity index is 1240. The number of rotatable bonds is 11. The number of hydrogen-bond donors (Lipinski definition) is 2. The molecular formula is C26H24N2O6S4. The summed E-state index contributed by atoms with van der Waals surface area (Å²) in [7, 11) is 3.15. The zero-order valence-corrected chi connectivity index (χ0v) is 23.8. The number of benzene rings is 2. The highest BCUT2D eigenvalue weighted by atomic mass is 32.2. The number of nitrogens with one attached hydrogen (secondary N) is 2. The molecule has 0 unspecified atom stereocenters. The second-order valence-corrected chi connectivity index (χ2v) is 11.4. The molecule has 2 fully saturated rings. The van der Waals surface area contributed by atoms with E-state index in [1.54, 1.807) is 26.4 Å². The first kappa shape index (κ1) is 28.0. The summed E-state index contributed by atoms with van der Waals surface area (Å²) in [5, 5.41) is 5.20. The highest BCUT2D eigenvalue weighted by Gasteiger charge is 2.23. The van der Waals surface area contributed by atoms with Gasteiger partial charge in [0.25, 0.3) is 11.8 Å². The van der Waals surface area contributed by atoms with Crippen LogP contribution in [0.5, 0.6) is 23.0 Å². The number of amides is 2. The molecule has 8 nitrogen and oxygen atoms in total. The maximum Gasteiger partial charge on any atom is 0.263 e. The third-order valence-electron chi connectivity index (χ3n) is 5.31. The number of methoxy groups -OCH3 is 2. The SMILES string of the molecule is COc1cc(/C=C2\SC(=S)NC2=O)ccc1OCCCCOc1ccc(/C=C2\SC(=S)NC2=O)cc1OC. The predicted octanol–water partition coefficient (Wildman–Crippen LogP) is 4.92. The largest absolute Gasteiger partial charge is 0.493 e. The van der Waals surface area contributed by atoms with E-state index >= 15 is 0 Å². The van der Waals surface area contributed by atoms with Crippen LogP contribution < -0.4 is 29.6 Å². The zero-order chi connectivity index (χ0) is 27.1. The van der Waals surface area contributed by atoms with Gasteiger partial charge in [0.1, 0.15) is 8.64 Å². The molecule has 0 atom stereocenters. The number of thiocarbonyl (C=S) groups is 2. The summed E-state index contributed by atoms with van der Waals surface area (Å²) in [5.74, 6) is 2.00.